The van der Waals surface area contributed by atoms with Gasteiger partial charge in [-0.15, -0.1) is 0 Å². The minimum absolute atomic E-state index is 0.0534. The van der Waals surface area contributed by atoms with Gasteiger partial charge in [-0.3, -0.25) is 30.3 Å². The summed E-state index contributed by atoms with van der Waals surface area (Å²) in [6.45, 7) is -2.67. The van der Waals surface area contributed by atoms with E-state index in [1.165, 1.54) is 0 Å². The van der Waals surface area contributed by atoms with Crippen LogP contribution in [0.15, 0.2) is 172 Å². The van der Waals surface area contributed by atoms with Gasteiger partial charge in [-0.1, -0.05) is 72.8 Å². The van der Waals surface area contributed by atoms with Crippen molar-refractivity contribution in [3.63, 3.8) is 0 Å². The molecule has 1 saturated heterocycles. The molecule has 0 saturated carbocycles. The number of benzene rings is 6. The molecule has 0 spiro atoms. The predicted octanol–water partition coefficient (Wildman–Crippen LogP) is 7.21. The first kappa shape index (κ1) is 51.8. The molecule has 20 nitrogen and oxygen atoms in total. The van der Waals surface area contributed by atoms with Crippen LogP contribution in [-0.2, 0) is 40.4 Å². The molecule has 1 heterocycles. The maximum Gasteiger partial charge on any atom is 0.269 e. The first-order valence-corrected chi connectivity index (χ1v) is 26.3. The van der Waals surface area contributed by atoms with Crippen LogP contribution in [0.4, 0.5) is 17.1 Å². The molecule has 1 fully saturated rings. The van der Waals surface area contributed by atoms with Crippen LogP contribution in [0.25, 0.3) is 0 Å². The van der Waals surface area contributed by atoms with E-state index >= 15 is 0 Å². The second-order valence-corrected chi connectivity index (χ2v) is 22.2. The number of methoxy groups -OCH3 is 1. The van der Waals surface area contributed by atoms with Crippen LogP contribution < -0.4 is 4.74 Å². The molecule has 1 aliphatic heterocycles. The Morgan fingerprint density at radius 2 is 0.831 bits per heavy atom. The first-order valence-electron chi connectivity index (χ1n) is 22.0. The lowest BCUT2D eigenvalue weighted by molar-refractivity contribution is -0.385. The van der Waals surface area contributed by atoms with Gasteiger partial charge in [0, 0.05) is 82.3 Å². The smallest absolute Gasteiger partial charge is 0.269 e. The van der Waals surface area contributed by atoms with Crippen LogP contribution in [0.1, 0.15) is 29.5 Å². The summed E-state index contributed by atoms with van der Waals surface area (Å²) in [5, 5.41) is 34.5. The zero-order valence-electron chi connectivity index (χ0n) is 38.1. The van der Waals surface area contributed by atoms with Crippen LogP contribution >= 0.6 is 0 Å². The molecule has 372 valence electrons. The fraction of sp³-hybridized carbons (Fsp3) is 0.250. The lowest BCUT2D eigenvalue weighted by atomic mass is 9.80. The van der Waals surface area contributed by atoms with Crippen LogP contribution in [0.2, 0.25) is 0 Å². The number of nitro groups is 3. The number of nitrogens with zero attached hydrogens (tertiary/aromatic N) is 6. The number of rotatable bonds is 18. The molecule has 0 aromatic heterocycles. The number of non-ortho nitro benzene ring substituents is 3. The highest BCUT2D eigenvalue weighted by atomic mass is 32.2. The highest BCUT2D eigenvalue weighted by molar-refractivity contribution is 7.89. The second kappa shape index (κ2) is 22.0. The van der Waals surface area contributed by atoms with E-state index in [9.17, 15) is 55.6 Å². The van der Waals surface area contributed by atoms with Gasteiger partial charge in [-0.2, -0.15) is 12.9 Å². The average Bonchev–Trinajstić information content (AvgIpc) is 3.38. The molecule has 0 aliphatic carbocycles. The quantitative estimate of drug-likeness (QED) is 0.0357. The zero-order valence-corrected chi connectivity index (χ0v) is 40.5. The number of nitro benzene ring substituents is 3. The molecule has 6 aromatic carbocycles. The summed E-state index contributed by atoms with van der Waals surface area (Å²) in [6.07, 6.45) is 0.380. The van der Waals surface area contributed by atoms with Crippen LogP contribution in [0.5, 0.6) is 5.75 Å². The van der Waals surface area contributed by atoms with Crippen molar-refractivity contribution in [1.29, 1.82) is 0 Å². The number of ether oxygens (including phenoxy) is 2. The van der Waals surface area contributed by atoms with E-state index < -0.39 is 88.2 Å². The van der Waals surface area contributed by atoms with E-state index in [0.717, 1.165) is 102 Å². The standard InChI is InChI=1S/C48H48N6O14S3/c1-67-44-22-14-40(15-23-44)48(38-10-4-2-5-11-38,39-12-6-3-7-13-39)68-34-8-9-37-35-50(70(63,64)46-26-18-42(19-27-46)53(57)58)32-30-49(69(61,62)45-24-16-41(17-25-45)52(55)56)31-33-51(36-37)71(65,66)47-28-20-43(21-29-47)54(59)60/h2-7,10-29,37H,8-9,30-36H2,1H3. The summed E-state index contributed by atoms with van der Waals surface area (Å²) in [7, 11) is -12.2. The van der Waals surface area contributed by atoms with Gasteiger partial charge in [0.25, 0.3) is 17.1 Å². The maximum absolute atomic E-state index is 14.7. The van der Waals surface area contributed by atoms with Gasteiger partial charge in [0.15, 0.2) is 0 Å². The second-order valence-electron chi connectivity index (χ2n) is 16.4. The Hall–Kier alpha value is -6.99. The molecular formula is C48H48N6O14S3. The van der Waals surface area contributed by atoms with E-state index in [4.69, 9.17) is 9.47 Å². The Morgan fingerprint density at radius 1 is 0.493 bits per heavy atom. The van der Waals surface area contributed by atoms with Crippen LogP contribution in [0, 0.1) is 36.3 Å². The van der Waals surface area contributed by atoms with Crippen molar-refractivity contribution >= 4 is 47.1 Å². The molecule has 23 heteroatoms. The van der Waals surface area contributed by atoms with Crippen LogP contribution in [-0.4, -0.2) is 106 Å². The fourth-order valence-electron chi connectivity index (χ4n) is 8.42. The summed E-state index contributed by atoms with van der Waals surface area (Å²) >= 11 is 0. The Bertz CT molecular complexity index is 3030. The molecule has 0 unspecified atom stereocenters. The molecule has 0 atom stereocenters. The Kier molecular flexibility index (Phi) is 16.0. The third kappa shape index (κ3) is 11.5. The predicted molar refractivity (Wildman–Crippen MR) is 260 cm³/mol. The summed E-state index contributed by atoms with van der Waals surface area (Å²) in [6, 6.07) is 38.8. The van der Waals surface area contributed by atoms with Crippen molar-refractivity contribution in [1.82, 2.24) is 12.9 Å². The summed E-state index contributed by atoms with van der Waals surface area (Å²) in [5.74, 6) is -0.200. The number of hydrogen-bond donors (Lipinski definition) is 0. The molecule has 6 aromatic rings. The highest BCUT2D eigenvalue weighted by Crippen LogP contribution is 2.41. The molecule has 71 heavy (non-hydrogen) atoms. The van der Waals surface area contributed by atoms with Crippen molar-refractivity contribution in [3.05, 3.63) is 205 Å². The maximum atomic E-state index is 14.7. The van der Waals surface area contributed by atoms with Gasteiger partial charge in [0.2, 0.25) is 30.1 Å². The van der Waals surface area contributed by atoms with Gasteiger partial charge >= 0.3 is 0 Å². The summed E-state index contributed by atoms with van der Waals surface area (Å²) in [5.41, 5.74) is 0.0179. The Labute approximate surface area is 410 Å². The monoisotopic (exact) mass is 1030 g/mol. The molecule has 0 radical (unpaired) electrons. The van der Waals surface area contributed by atoms with Crippen molar-refractivity contribution in [2.75, 3.05) is 53.0 Å². The fourth-order valence-corrected chi connectivity index (χ4v) is 12.9. The first-order chi connectivity index (χ1) is 33.9. The van der Waals surface area contributed by atoms with Crippen molar-refractivity contribution in [3.8, 4) is 5.75 Å². The molecule has 1 aliphatic rings. The van der Waals surface area contributed by atoms with Gasteiger partial charge in [-0.05, 0) is 84.0 Å². The minimum atomic E-state index is -4.60. The van der Waals surface area contributed by atoms with Gasteiger partial charge in [0.05, 0.1) is 36.6 Å². The molecule has 7 rings (SSSR count). The highest BCUT2D eigenvalue weighted by Gasteiger charge is 2.39. The summed E-state index contributed by atoms with van der Waals surface area (Å²) < 4.78 is 103. The minimum Gasteiger partial charge on any atom is -0.497 e. The Balaban J connectivity index is 1.29. The van der Waals surface area contributed by atoms with Crippen LogP contribution in [0.3, 0.4) is 0 Å². The normalized spacial score (nSPS) is 15.2. The van der Waals surface area contributed by atoms with Crippen molar-refractivity contribution in [2.45, 2.75) is 33.1 Å². The number of sulfonamides is 3. The lowest BCUT2D eigenvalue weighted by Crippen LogP contribution is -2.50. The molecular weight excluding hydrogens is 981 g/mol. The average molecular weight is 1030 g/mol. The van der Waals surface area contributed by atoms with E-state index in [-0.39, 0.29) is 58.6 Å². The third-order valence-corrected chi connectivity index (χ3v) is 17.8. The van der Waals surface area contributed by atoms with Crippen molar-refractivity contribution < 1.29 is 49.5 Å². The SMILES string of the molecule is COc1ccc(C(OCCCC2CN(S(=O)(=O)c3ccc([N+](=O)[O-])cc3)CCN(S(=O)(=O)c3ccc([N+](=O)[O-])cc3)CCN(S(=O)(=O)c3ccc([N+](=O)[O-])cc3)C2)(c2ccccc2)c2ccccc2)cc1. The lowest BCUT2D eigenvalue weighted by Gasteiger charge is -2.37. The molecule has 0 N–H and O–H groups in total. The number of hydrogen-bond acceptors (Lipinski definition) is 14. The molecule has 0 amide bonds. The van der Waals surface area contributed by atoms with Crippen molar-refractivity contribution in [2.24, 2.45) is 5.92 Å². The van der Waals surface area contributed by atoms with Gasteiger partial charge in [-0.25, -0.2) is 25.3 Å². The van der Waals surface area contributed by atoms with Gasteiger partial charge in [0.1, 0.15) is 11.4 Å². The largest absolute Gasteiger partial charge is 0.497 e. The van der Waals surface area contributed by atoms with Gasteiger partial charge < -0.3 is 9.47 Å². The summed E-state index contributed by atoms with van der Waals surface area (Å²) in [4.78, 5) is 31.3. The van der Waals surface area contributed by atoms with E-state index in [0.29, 0.717) is 5.75 Å². The van der Waals surface area contributed by atoms with E-state index in [2.05, 4.69) is 0 Å². The zero-order chi connectivity index (χ0) is 51.0. The van der Waals surface area contributed by atoms with E-state index in [1.807, 2.05) is 84.9 Å². The molecule has 0 bridgehead atoms. The topological polar surface area (TPSA) is 260 Å². The van der Waals surface area contributed by atoms with E-state index in [1.54, 1.807) is 7.11 Å². The Morgan fingerprint density at radius 3 is 1.18 bits per heavy atom. The third-order valence-electron chi connectivity index (χ3n) is 12.1.